The van der Waals surface area contributed by atoms with E-state index in [1.165, 1.54) is 24.7 Å². The number of benzene rings is 1. The molecule has 1 aromatic carbocycles. The van der Waals surface area contributed by atoms with Gasteiger partial charge in [-0.05, 0) is 71.8 Å². The molecule has 0 saturated heterocycles. The zero-order valence-corrected chi connectivity index (χ0v) is 24.0. The Morgan fingerprint density at radius 2 is 1.90 bits per heavy atom. The molecule has 13 heteroatoms. The number of aromatic nitrogens is 2. The number of nitrogens with zero attached hydrogens (tertiary/aromatic N) is 2. The van der Waals surface area contributed by atoms with Crippen molar-refractivity contribution in [2.75, 3.05) is 11.3 Å². The monoisotopic (exact) mass is 638 g/mol. The van der Waals surface area contributed by atoms with Gasteiger partial charge in [-0.1, -0.05) is 18.2 Å². The second-order valence-electron chi connectivity index (χ2n) is 9.70. The first-order chi connectivity index (χ1) is 18.9. The van der Waals surface area contributed by atoms with Crippen LogP contribution in [0, 0.1) is 12.8 Å². The molecule has 40 heavy (non-hydrogen) atoms. The minimum Gasteiger partial charge on any atom is -0.472 e. The zero-order chi connectivity index (χ0) is 28.8. The van der Waals surface area contributed by atoms with Crippen molar-refractivity contribution in [2.24, 2.45) is 5.92 Å². The number of hydrogen-bond acceptors (Lipinski definition) is 5. The van der Waals surface area contributed by atoms with Crippen LogP contribution < -0.4 is 10.0 Å². The molecule has 2 aromatic rings. The van der Waals surface area contributed by atoms with Gasteiger partial charge in [0, 0.05) is 34.1 Å². The molecule has 8 nitrogen and oxygen atoms in total. The van der Waals surface area contributed by atoms with Crippen LogP contribution in [0.1, 0.15) is 47.3 Å². The number of nitrogens with one attached hydrogen (secondary N) is 2. The van der Waals surface area contributed by atoms with Crippen LogP contribution >= 0.6 is 15.9 Å². The minimum absolute atomic E-state index is 0.164. The summed E-state index contributed by atoms with van der Waals surface area (Å²) in [6.07, 6.45) is 5.82. The van der Waals surface area contributed by atoms with Crippen molar-refractivity contribution in [1.82, 2.24) is 14.9 Å². The zero-order valence-electron chi connectivity index (χ0n) is 21.6. The Balaban J connectivity index is 1.71. The number of anilines is 1. The summed E-state index contributed by atoms with van der Waals surface area (Å²) in [6, 6.07) is 7.61. The largest absolute Gasteiger partial charge is 0.516 e. The molecule has 2 N–H and O–H groups in total. The van der Waals surface area contributed by atoms with E-state index in [0.717, 1.165) is 24.2 Å². The third kappa shape index (κ3) is 5.24. The normalized spacial score (nSPS) is 14.1. The van der Waals surface area contributed by atoms with Crippen molar-refractivity contribution in [3.63, 3.8) is 0 Å². The summed E-state index contributed by atoms with van der Waals surface area (Å²) in [7, 11) is -5.68. The van der Waals surface area contributed by atoms with Crippen molar-refractivity contribution >= 4 is 37.5 Å². The third-order valence-corrected chi connectivity index (χ3v) is 8.80. The highest BCUT2D eigenvalue weighted by Gasteiger charge is 2.46. The molecule has 1 saturated carbocycles. The minimum atomic E-state index is -5.68. The molecule has 1 amide bonds. The lowest BCUT2D eigenvalue weighted by atomic mass is 10.0. The summed E-state index contributed by atoms with van der Waals surface area (Å²) >= 11 is 3.59. The van der Waals surface area contributed by atoms with Gasteiger partial charge in [-0.25, -0.2) is 4.98 Å². The topological polar surface area (TPSA) is 106 Å². The smallest absolute Gasteiger partial charge is 0.472 e. The first kappa shape index (κ1) is 28.2. The Morgan fingerprint density at radius 3 is 2.58 bits per heavy atom. The summed E-state index contributed by atoms with van der Waals surface area (Å²) in [5.41, 5.74) is -2.02. The molecule has 2 aliphatic carbocycles. The number of rotatable bonds is 9. The van der Waals surface area contributed by atoms with E-state index in [2.05, 4.69) is 21.2 Å². The van der Waals surface area contributed by atoms with Crippen molar-refractivity contribution < 1.29 is 30.8 Å². The fourth-order valence-corrected chi connectivity index (χ4v) is 6.21. The van der Waals surface area contributed by atoms with Crippen LogP contribution in [0.15, 0.2) is 51.7 Å². The van der Waals surface area contributed by atoms with Crippen molar-refractivity contribution in [2.45, 2.75) is 45.2 Å². The molecule has 1 aliphatic heterocycles. The van der Waals surface area contributed by atoms with Crippen LogP contribution in [0.5, 0.6) is 0 Å². The molecule has 1 aromatic heterocycles. The Bertz CT molecular complexity index is 1660. The van der Waals surface area contributed by atoms with Gasteiger partial charge < -0.3 is 14.3 Å². The molecular formula is C27H26BrF3N4O4S. The summed E-state index contributed by atoms with van der Waals surface area (Å²) in [6.45, 7) is 4.18. The lowest BCUT2D eigenvalue weighted by molar-refractivity contribution is -0.0429. The predicted molar refractivity (Wildman–Crippen MR) is 148 cm³/mol. The maximum atomic E-state index is 13.3. The van der Waals surface area contributed by atoms with Crippen molar-refractivity contribution in [3.05, 3.63) is 70.1 Å². The highest BCUT2D eigenvalue weighted by Crippen LogP contribution is 2.49. The number of amides is 1. The van der Waals surface area contributed by atoms with Gasteiger partial charge in [0.2, 0.25) is 0 Å². The molecular weight excluding hydrogens is 613 g/mol. The maximum Gasteiger partial charge on any atom is 0.516 e. The van der Waals surface area contributed by atoms with Crippen LogP contribution in [-0.4, -0.2) is 35.9 Å². The fourth-order valence-electron chi connectivity index (χ4n) is 4.87. The van der Waals surface area contributed by atoms with Gasteiger partial charge in [0.05, 0.1) is 30.5 Å². The quantitative estimate of drug-likeness (QED) is 0.223. The average Bonchev–Trinajstić information content (AvgIpc) is 3.59. The van der Waals surface area contributed by atoms with Crippen molar-refractivity contribution in [1.29, 1.82) is 0 Å². The van der Waals surface area contributed by atoms with E-state index >= 15 is 0 Å². The lowest BCUT2D eigenvalue weighted by Crippen LogP contribution is -2.30. The number of fused-ring (bicyclic) bond motifs is 1. The van der Waals surface area contributed by atoms with Gasteiger partial charge >= 0.3 is 15.5 Å². The van der Waals surface area contributed by atoms with E-state index in [9.17, 15) is 26.4 Å². The Kier molecular flexibility index (Phi) is 7.47. The molecule has 0 bridgehead atoms. The fraction of sp³-hybridized carbons (Fsp3) is 0.333. The van der Waals surface area contributed by atoms with E-state index in [1.54, 1.807) is 29.8 Å². The molecule has 0 spiro atoms. The van der Waals surface area contributed by atoms with Gasteiger partial charge in [0.25, 0.3) is 5.91 Å². The molecule has 0 radical (unpaired) electrons. The van der Waals surface area contributed by atoms with Gasteiger partial charge in [-0.15, -0.1) is 0 Å². The van der Waals surface area contributed by atoms with E-state index in [1.807, 2.05) is 11.5 Å². The van der Waals surface area contributed by atoms with Gasteiger partial charge in [0.15, 0.2) is 0 Å². The van der Waals surface area contributed by atoms with Crippen LogP contribution in [-0.2, 0) is 23.0 Å². The van der Waals surface area contributed by atoms with Gasteiger partial charge in [-0.2, -0.15) is 21.6 Å². The van der Waals surface area contributed by atoms with Crippen LogP contribution in [0.4, 0.5) is 18.9 Å². The number of carbonyl (C=O) groups is 1. The predicted octanol–water partition coefficient (Wildman–Crippen LogP) is 6.33. The third-order valence-electron chi connectivity index (χ3n) is 6.88. The van der Waals surface area contributed by atoms with E-state index in [4.69, 9.17) is 9.40 Å². The number of hydrogen-bond donors (Lipinski definition) is 2. The Morgan fingerprint density at radius 1 is 1.18 bits per heavy atom. The molecule has 0 atom stereocenters. The number of carbonyl (C=O) groups excluding carboxylic acids is 1. The highest BCUT2D eigenvalue weighted by atomic mass is 79.9. The first-order valence-corrected chi connectivity index (χ1v) is 14.9. The van der Waals surface area contributed by atoms with Gasteiger partial charge in [0.1, 0.15) is 11.5 Å². The number of imidazole rings is 1. The number of halogens is 4. The summed E-state index contributed by atoms with van der Waals surface area (Å²) in [4.78, 5) is 17.9. The molecule has 3 aliphatic rings. The SMILES string of the molecule is CCNC(=O)c1c(C)nc(CC2CC2)n1Cc1c2ccocc-2c(Br)c1-c1ccccc1NS(=O)(=O)C(F)(F)F. The maximum absolute atomic E-state index is 13.3. The second-order valence-corrected chi connectivity index (χ2v) is 12.2. The summed E-state index contributed by atoms with van der Waals surface area (Å²) in [5.74, 6) is 0.935. The van der Waals surface area contributed by atoms with E-state index < -0.39 is 15.5 Å². The molecule has 212 valence electrons. The number of aryl methyl sites for hydroxylation is 1. The number of para-hydroxylation sites is 1. The Labute approximate surface area is 237 Å². The van der Waals surface area contributed by atoms with Gasteiger partial charge in [-0.3, -0.25) is 9.52 Å². The standard InChI is InChI=1S/C27H26BrF3N4O4S/c1-3-32-26(36)25-15(2)33-22(12-16-8-9-16)35(25)13-19-17-10-11-39-14-20(17)24(28)23(19)18-6-4-5-7-21(18)34-40(37,38)27(29,30)31/h4-7,10-11,14,16,34H,3,8-9,12-13H2,1-2H3,(H,32,36). The van der Waals surface area contributed by atoms with Crippen LogP contribution in [0.2, 0.25) is 0 Å². The van der Waals surface area contributed by atoms with Crippen molar-refractivity contribution in [3.8, 4) is 22.3 Å². The Hall–Kier alpha value is -3.32. The summed E-state index contributed by atoms with van der Waals surface area (Å²) in [5, 5.41) is 2.84. The molecule has 2 heterocycles. The van der Waals surface area contributed by atoms with E-state index in [-0.39, 0.29) is 23.7 Å². The van der Waals surface area contributed by atoms with Crippen LogP contribution in [0.25, 0.3) is 22.3 Å². The number of sulfonamides is 1. The molecule has 0 unspecified atom stereocenters. The van der Waals surface area contributed by atoms with Crippen LogP contribution in [0.3, 0.4) is 0 Å². The number of alkyl halides is 3. The summed E-state index contributed by atoms with van der Waals surface area (Å²) < 4.78 is 73.4. The van der Waals surface area contributed by atoms with E-state index in [0.29, 0.717) is 51.4 Å². The molecule has 1 fully saturated rings. The first-order valence-electron chi connectivity index (χ1n) is 12.6. The second kappa shape index (κ2) is 10.6. The molecule has 5 rings (SSSR count). The average molecular weight is 639 g/mol. The highest BCUT2D eigenvalue weighted by molar-refractivity contribution is 9.10. The lowest BCUT2D eigenvalue weighted by Gasteiger charge is -2.17.